The van der Waals surface area contributed by atoms with E-state index in [0.29, 0.717) is 0 Å². The Morgan fingerprint density at radius 3 is 0.930 bits per heavy atom. The van der Waals surface area contributed by atoms with Gasteiger partial charge in [-0.05, 0) is 104 Å². The summed E-state index contributed by atoms with van der Waals surface area (Å²) in [5.41, 5.74) is 0. The minimum Gasteiger partial charge on any atom is -0.353 e. The van der Waals surface area contributed by atoms with Crippen molar-refractivity contribution in [1.29, 1.82) is 0 Å². The number of ether oxygens (including phenoxy) is 7. The molecule has 0 aromatic heterocycles. The fourth-order valence-electron chi connectivity index (χ4n) is 7.08. The highest BCUT2D eigenvalue weighted by atomic mass is 16.8. The largest absolute Gasteiger partial charge is 0.353 e. The SMILES string of the molecule is CCCCCCOC(C=CCCCCCCCCCCCC(OCC)OCC)OC(C=CCCCCCCCCCCCC(OCC)OCC)OCCCCCC. The van der Waals surface area contributed by atoms with E-state index in [9.17, 15) is 0 Å². The van der Waals surface area contributed by atoms with Gasteiger partial charge in [-0.2, -0.15) is 0 Å². The fraction of sp³-hybridized carbons (Fsp3) is 0.920. The molecule has 0 spiro atoms. The second kappa shape index (κ2) is 47.9. The Morgan fingerprint density at radius 2 is 0.614 bits per heavy atom. The maximum Gasteiger partial charge on any atom is 0.180 e. The van der Waals surface area contributed by atoms with Crippen LogP contribution < -0.4 is 0 Å². The van der Waals surface area contributed by atoms with E-state index in [0.717, 1.165) is 78.2 Å². The van der Waals surface area contributed by atoms with Crippen molar-refractivity contribution >= 4 is 0 Å². The summed E-state index contributed by atoms with van der Waals surface area (Å²) in [6.45, 7) is 17.0. The van der Waals surface area contributed by atoms with Crippen molar-refractivity contribution in [2.24, 2.45) is 0 Å². The van der Waals surface area contributed by atoms with E-state index in [2.05, 4.69) is 38.2 Å². The van der Waals surface area contributed by atoms with Gasteiger partial charge in [-0.25, -0.2) is 0 Å². The molecule has 0 N–H and O–H groups in total. The van der Waals surface area contributed by atoms with Gasteiger partial charge in [0.15, 0.2) is 25.2 Å². The number of rotatable bonds is 48. The van der Waals surface area contributed by atoms with Crippen molar-refractivity contribution in [2.45, 2.75) is 259 Å². The third-order valence-corrected chi connectivity index (χ3v) is 10.4. The van der Waals surface area contributed by atoms with Crippen LogP contribution in [0.15, 0.2) is 24.3 Å². The molecule has 2 unspecified atom stereocenters. The second-order valence-electron chi connectivity index (χ2n) is 15.8. The van der Waals surface area contributed by atoms with Gasteiger partial charge in [-0.1, -0.05) is 154 Å². The van der Waals surface area contributed by atoms with E-state index in [4.69, 9.17) is 33.2 Å². The van der Waals surface area contributed by atoms with E-state index in [1.165, 1.54) is 154 Å². The van der Waals surface area contributed by atoms with Crippen molar-refractivity contribution < 1.29 is 33.2 Å². The van der Waals surface area contributed by atoms with E-state index < -0.39 is 0 Å². The van der Waals surface area contributed by atoms with Gasteiger partial charge >= 0.3 is 0 Å². The van der Waals surface area contributed by atoms with Crippen molar-refractivity contribution in [3.63, 3.8) is 0 Å². The normalized spacial score (nSPS) is 13.3. The summed E-state index contributed by atoms with van der Waals surface area (Å²) < 4.78 is 41.7. The summed E-state index contributed by atoms with van der Waals surface area (Å²) in [7, 11) is 0. The number of unbranched alkanes of at least 4 members (excludes halogenated alkanes) is 24. The molecule has 7 heteroatoms. The zero-order chi connectivity index (χ0) is 41.5. The van der Waals surface area contributed by atoms with E-state index >= 15 is 0 Å². The van der Waals surface area contributed by atoms with Crippen LogP contribution in [0.25, 0.3) is 0 Å². The maximum absolute atomic E-state index is 6.49. The van der Waals surface area contributed by atoms with Gasteiger partial charge < -0.3 is 33.2 Å². The van der Waals surface area contributed by atoms with Gasteiger partial charge in [0.1, 0.15) is 0 Å². The van der Waals surface area contributed by atoms with Crippen LogP contribution in [0.1, 0.15) is 234 Å². The molecule has 340 valence electrons. The first kappa shape index (κ1) is 56.2. The lowest BCUT2D eigenvalue weighted by atomic mass is 10.1. The third-order valence-electron chi connectivity index (χ3n) is 10.4. The lowest BCUT2D eigenvalue weighted by Crippen LogP contribution is -2.25. The van der Waals surface area contributed by atoms with Crippen LogP contribution in [0.2, 0.25) is 0 Å². The molecule has 0 aromatic rings. The van der Waals surface area contributed by atoms with Crippen LogP contribution in [0.5, 0.6) is 0 Å². The molecule has 0 rings (SSSR count). The molecular weight excluding hydrogens is 713 g/mol. The highest BCUT2D eigenvalue weighted by Gasteiger charge is 2.14. The smallest absolute Gasteiger partial charge is 0.180 e. The Bertz CT molecular complexity index is 730. The fourth-order valence-corrected chi connectivity index (χ4v) is 7.08. The number of allylic oxidation sites excluding steroid dienone is 2. The Hall–Kier alpha value is -0.800. The highest BCUT2D eigenvalue weighted by molar-refractivity contribution is 4.90. The molecule has 0 aliphatic carbocycles. The van der Waals surface area contributed by atoms with Crippen molar-refractivity contribution in [3.8, 4) is 0 Å². The first-order valence-electron chi connectivity index (χ1n) is 24.8. The molecule has 2 atom stereocenters. The molecule has 57 heavy (non-hydrogen) atoms. The number of hydrogen-bond donors (Lipinski definition) is 0. The molecule has 0 radical (unpaired) electrons. The second-order valence-corrected chi connectivity index (χ2v) is 15.8. The van der Waals surface area contributed by atoms with Gasteiger partial charge in [0.05, 0.1) is 13.2 Å². The van der Waals surface area contributed by atoms with E-state index in [1.807, 2.05) is 27.7 Å². The Kier molecular flexibility index (Phi) is 47.2. The lowest BCUT2D eigenvalue weighted by Gasteiger charge is -2.22. The molecule has 0 fully saturated rings. The van der Waals surface area contributed by atoms with Crippen LogP contribution in [-0.4, -0.2) is 64.8 Å². The molecule has 0 aliphatic heterocycles. The molecule has 0 saturated heterocycles. The lowest BCUT2D eigenvalue weighted by molar-refractivity contribution is -0.208. The van der Waals surface area contributed by atoms with Gasteiger partial charge in [0.25, 0.3) is 0 Å². The first-order chi connectivity index (χ1) is 28.1. The van der Waals surface area contributed by atoms with Crippen molar-refractivity contribution in [2.75, 3.05) is 39.6 Å². The van der Waals surface area contributed by atoms with Gasteiger partial charge in [-0.15, -0.1) is 0 Å². The average Bonchev–Trinajstić information content (AvgIpc) is 3.21. The minimum atomic E-state index is -0.370. The molecule has 0 heterocycles. The topological polar surface area (TPSA) is 64.6 Å². The summed E-state index contributed by atoms with van der Waals surface area (Å²) in [5.74, 6) is 0. The Morgan fingerprint density at radius 1 is 0.316 bits per heavy atom. The van der Waals surface area contributed by atoms with Crippen molar-refractivity contribution in [3.05, 3.63) is 24.3 Å². The summed E-state index contributed by atoms with van der Waals surface area (Å²) in [4.78, 5) is 0. The number of hydrogen-bond acceptors (Lipinski definition) is 7. The molecule has 7 nitrogen and oxygen atoms in total. The maximum atomic E-state index is 6.49. The molecule has 0 bridgehead atoms. The van der Waals surface area contributed by atoms with Crippen LogP contribution in [-0.2, 0) is 33.2 Å². The zero-order valence-electron chi connectivity index (χ0n) is 38.9. The quantitative estimate of drug-likeness (QED) is 0.0344. The monoisotopic (exact) mass is 811 g/mol. The standard InChI is InChI=1S/C50H98O7/c1-7-13-15-39-45-55-49(43-37-33-29-25-21-17-19-23-27-31-35-41-47(51-9-3)52-10-4)57-50(56-46-40-16-14-8-2)44-38-34-30-26-22-18-20-24-28-32-36-42-48(53-11-5)54-12-6/h37-38,43-44,47-50H,7-36,39-42,45-46H2,1-6H3. The van der Waals surface area contributed by atoms with Crippen LogP contribution in [0, 0.1) is 0 Å². The summed E-state index contributed by atoms with van der Waals surface area (Å²) in [6, 6.07) is 0. The molecule has 0 aliphatic rings. The molecule has 0 aromatic carbocycles. The van der Waals surface area contributed by atoms with Crippen molar-refractivity contribution in [1.82, 2.24) is 0 Å². The Labute approximate surface area is 355 Å². The molecule has 0 amide bonds. The predicted octanol–water partition coefficient (Wildman–Crippen LogP) is 15.3. The summed E-state index contributed by atoms with van der Waals surface area (Å²) >= 11 is 0. The first-order valence-corrected chi connectivity index (χ1v) is 24.8. The average molecular weight is 811 g/mol. The van der Waals surface area contributed by atoms with Gasteiger partial charge in [0, 0.05) is 26.4 Å². The van der Waals surface area contributed by atoms with Gasteiger partial charge in [-0.3, -0.25) is 0 Å². The molecule has 0 saturated carbocycles. The third kappa shape index (κ3) is 41.7. The summed E-state index contributed by atoms with van der Waals surface area (Å²) in [5, 5.41) is 0. The summed E-state index contributed by atoms with van der Waals surface area (Å²) in [6.07, 6.45) is 45.1. The van der Waals surface area contributed by atoms with Gasteiger partial charge in [0.2, 0.25) is 0 Å². The van der Waals surface area contributed by atoms with E-state index in [1.54, 1.807) is 0 Å². The van der Waals surface area contributed by atoms with Crippen LogP contribution >= 0.6 is 0 Å². The predicted molar refractivity (Wildman–Crippen MR) is 243 cm³/mol. The zero-order valence-corrected chi connectivity index (χ0v) is 38.9. The Balaban J connectivity index is 4.56. The molecular formula is C50H98O7. The van der Waals surface area contributed by atoms with Crippen LogP contribution in [0.4, 0.5) is 0 Å². The minimum absolute atomic E-state index is 0.0150. The highest BCUT2D eigenvalue weighted by Crippen LogP contribution is 2.17. The van der Waals surface area contributed by atoms with Crippen LogP contribution in [0.3, 0.4) is 0 Å². The van der Waals surface area contributed by atoms with E-state index in [-0.39, 0.29) is 25.2 Å².